The summed E-state index contributed by atoms with van der Waals surface area (Å²) in [5, 5.41) is 11.1. The summed E-state index contributed by atoms with van der Waals surface area (Å²) in [7, 11) is 0. The van der Waals surface area contributed by atoms with Crippen molar-refractivity contribution >= 4 is 44.7 Å². The molecule has 0 bridgehead atoms. The van der Waals surface area contributed by atoms with Gasteiger partial charge in [-0.05, 0) is 55.8 Å². The SMILES string of the molecule is CCn1cc(-c2cc(C(F)F)nc3sc(C(N)=O)c(NC(=O)c4cnn5c(C(F)F)cc(-c6ccc(F)cc6)nc45)c23)c(C)n1. The normalized spacial score (nSPS) is 11.8. The molecule has 10 nitrogen and oxygen atoms in total. The van der Waals surface area contributed by atoms with E-state index in [0.717, 1.165) is 35.0 Å². The molecule has 230 valence electrons. The predicted octanol–water partition coefficient (Wildman–Crippen LogP) is 6.56. The van der Waals surface area contributed by atoms with Crippen molar-refractivity contribution in [3.63, 3.8) is 0 Å². The zero-order valence-corrected chi connectivity index (χ0v) is 24.2. The summed E-state index contributed by atoms with van der Waals surface area (Å²) in [6, 6.07) is 7.20. The van der Waals surface area contributed by atoms with Crippen LogP contribution in [0.1, 0.15) is 56.9 Å². The molecule has 6 rings (SSSR count). The number of carbonyl (C=O) groups is 2. The van der Waals surface area contributed by atoms with Gasteiger partial charge in [0.2, 0.25) is 0 Å². The van der Waals surface area contributed by atoms with Gasteiger partial charge in [0, 0.05) is 29.3 Å². The third kappa shape index (κ3) is 5.26. The number of hydrogen-bond donors (Lipinski definition) is 2. The Kier molecular flexibility index (Phi) is 7.52. The minimum atomic E-state index is -3.02. The number of alkyl halides is 4. The monoisotopic (exact) mass is 640 g/mol. The summed E-state index contributed by atoms with van der Waals surface area (Å²) < 4.78 is 71.9. The van der Waals surface area contributed by atoms with E-state index in [4.69, 9.17) is 5.73 Å². The smallest absolute Gasteiger partial charge is 0.280 e. The van der Waals surface area contributed by atoms with E-state index in [-0.39, 0.29) is 43.2 Å². The summed E-state index contributed by atoms with van der Waals surface area (Å²) in [6.45, 7) is 4.01. The molecular formula is C29H21F5N8O2S. The Labute approximate surface area is 254 Å². The minimum Gasteiger partial charge on any atom is -0.365 e. The van der Waals surface area contributed by atoms with Gasteiger partial charge in [-0.3, -0.25) is 14.3 Å². The second kappa shape index (κ2) is 11.4. The van der Waals surface area contributed by atoms with Gasteiger partial charge in [-0.1, -0.05) is 0 Å². The molecule has 3 N–H and O–H groups in total. The Hall–Kier alpha value is -5.25. The second-order valence-electron chi connectivity index (χ2n) is 9.85. The zero-order chi connectivity index (χ0) is 32.2. The summed E-state index contributed by atoms with van der Waals surface area (Å²) in [4.78, 5) is 34.5. The molecule has 0 aliphatic rings. The number of nitrogens with zero attached hydrogens (tertiary/aromatic N) is 6. The summed E-state index contributed by atoms with van der Waals surface area (Å²) >= 11 is 0.714. The molecule has 0 fully saturated rings. The lowest BCUT2D eigenvalue weighted by Crippen LogP contribution is -2.17. The van der Waals surface area contributed by atoms with Crippen LogP contribution >= 0.6 is 11.3 Å². The first-order valence-corrected chi connectivity index (χ1v) is 14.1. The molecule has 0 unspecified atom stereocenters. The number of carbonyl (C=O) groups excluding carboxylic acids is 2. The minimum absolute atomic E-state index is 0.00659. The molecule has 0 spiro atoms. The van der Waals surface area contributed by atoms with Crippen molar-refractivity contribution in [2.75, 3.05) is 5.32 Å². The average molecular weight is 641 g/mol. The number of benzene rings is 1. The number of primary amides is 1. The van der Waals surface area contributed by atoms with Crippen LogP contribution in [0.2, 0.25) is 0 Å². The Morgan fingerprint density at radius 2 is 1.78 bits per heavy atom. The fourth-order valence-corrected chi connectivity index (χ4v) is 5.94. The van der Waals surface area contributed by atoms with Crippen LogP contribution in [-0.4, -0.2) is 41.2 Å². The predicted molar refractivity (Wildman–Crippen MR) is 156 cm³/mol. The number of fused-ring (bicyclic) bond motifs is 2. The van der Waals surface area contributed by atoms with Crippen molar-refractivity contribution in [3.05, 3.63) is 82.1 Å². The largest absolute Gasteiger partial charge is 0.365 e. The van der Waals surface area contributed by atoms with Crippen LogP contribution in [0.4, 0.5) is 27.6 Å². The molecule has 0 radical (unpaired) electrons. The van der Waals surface area contributed by atoms with Gasteiger partial charge in [0.05, 0.1) is 23.3 Å². The van der Waals surface area contributed by atoms with Gasteiger partial charge in [-0.15, -0.1) is 11.3 Å². The standard InChI is InChI=1S/C29H21F5N8O2S/c1-3-41-11-17(12(2)40-41)15-8-19(24(31)32)38-29-21(15)22(23(45-29)26(35)43)39-28(44)16-10-36-42-20(25(33)34)9-18(37-27(16)42)13-4-6-14(30)7-5-13/h4-11,24-25H,3H2,1-2H3,(H2,35,43)(H,39,44). The number of aromatic nitrogens is 6. The molecule has 0 saturated heterocycles. The first-order chi connectivity index (χ1) is 21.5. The number of anilines is 1. The molecule has 5 aromatic heterocycles. The number of thiophene rings is 1. The molecule has 0 aliphatic heterocycles. The summed E-state index contributed by atoms with van der Waals surface area (Å²) in [6.07, 6.45) is -3.29. The van der Waals surface area contributed by atoms with E-state index in [1.165, 1.54) is 12.1 Å². The number of hydrogen-bond acceptors (Lipinski definition) is 7. The van der Waals surface area contributed by atoms with Gasteiger partial charge in [-0.25, -0.2) is 36.4 Å². The highest BCUT2D eigenvalue weighted by atomic mass is 32.1. The van der Waals surface area contributed by atoms with Crippen LogP contribution in [-0.2, 0) is 6.54 Å². The van der Waals surface area contributed by atoms with Crippen molar-refractivity contribution in [1.29, 1.82) is 0 Å². The van der Waals surface area contributed by atoms with Crippen LogP contribution in [0.5, 0.6) is 0 Å². The lowest BCUT2D eigenvalue weighted by molar-refractivity contribution is 0.100. The third-order valence-corrected chi connectivity index (χ3v) is 8.13. The van der Waals surface area contributed by atoms with E-state index < -0.39 is 41.9 Å². The van der Waals surface area contributed by atoms with Gasteiger partial charge in [0.15, 0.2) is 5.65 Å². The number of pyridine rings is 1. The quantitative estimate of drug-likeness (QED) is 0.181. The van der Waals surface area contributed by atoms with Crippen LogP contribution in [0, 0.1) is 12.7 Å². The Morgan fingerprint density at radius 1 is 1.04 bits per heavy atom. The first-order valence-electron chi connectivity index (χ1n) is 13.3. The molecule has 0 atom stereocenters. The molecular weight excluding hydrogens is 619 g/mol. The van der Waals surface area contributed by atoms with E-state index in [1.807, 2.05) is 6.92 Å². The molecule has 1 aromatic carbocycles. The maximum atomic E-state index is 14.1. The Bertz CT molecular complexity index is 2120. The maximum absolute atomic E-state index is 14.1. The number of rotatable bonds is 8. The fraction of sp³-hybridized carbons (Fsp3) is 0.172. The highest BCUT2D eigenvalue weighted by Crippen LogP contribution is 2.43. The molecule has 0 saturated carbocycles. The van der Waals surface area contributed by atoms with E-state index >= 15 is 0 Å². The van der Waals surface area contributed by atoms with Gasteiger partial charge < -0.3 is 11.1 Å². The van der Waals surface area contributed by atoms with E-state index in [9.17, 15) is 31.5 Å². The first kappa shape index (κ1) is 29.8. The number of amides is 2. The number of aryl methyl sites for hydroxylation is 2. The number of nitrogens with one attached hydrogen (secondary N) is 1. The zero-order valence-electron chi connectivity index (χ0n) is 23.4. The highest BCUT2D eigenvalue weighted by Gasteiger charge is 2.28. The van der Waals surface area contributed by atoms with Gasteiger partial charge in [0.1, 0.15) is 32.5 Å². The Balaban J connectivity index is 1.53. The van der Waals surface area contributed by atoms with Crippen molar-refractivity contribution in [2.24, 2.45) is 5.73 Å². The lowest BCUT2D eigenvalue weighted by atomic mass is 10.0. The molecule has 2 amide bonds. The Morgan fingerprint density at radius 3 is 2.40 bits per heavy atom. The third-order valence-electron chi connectivity index (χ3n) is 7.04. The van der Waals surface area contributed by atoms with Crippen molar-refractivity contribution in [1.82, 2.24) is 29.4 Å². The second-order valence-corrected chi connectivity index (χ2v) is 10.9. The molecule has 6 aromatic rings. The van der Waals surface area contributed by atoms with Gasteiger partial charge >= 0.3 is 0 Å². The van der Waals surface area contributed by atoms with E-state index in [1.54, 1.807) is 17.8 Å². The van der Waals surface area contributed by atoms with Crippen molar-refractivity contribution < 1.29 is 31.5 Å². The molecule has 5 heterocycles. The van der Waals surface area contributed by atoms with Crippen LogP contribution in [0.3, 0.4) is 0 Å². The van der Waals surface area contributed by atoms with Crippen molar-refractivity contribution in [3.8, 4) is 22.4 Å². The molecule has 16 heteroatoms. The van der Waals surface area contributed by atoms with Gasteiger partial charge in [-0.2, -0.15) is 10.2 Å². The number of halogens is 5. The van der Waals surface area contributed by atoms with E-state index in [0.29, 0.717) is 34.7 Å². The van der Waals surface area contributed by atoms with E-state index in [2.05, 4.69) is 25.5 Å². The van der Waals surface area contributed by atoms with Crippen LogP contribution < -0.4 is 11.1 Å². The highest BCUT2D eigenvalue weighted by molar-refractivity contribution is 7.21. The molecule has 45 heavy (non-hydrogen) atoms. The average Bonchev–Trinajstić information content (AvgIpc) is 3.71. The lowest BCUT2D eigenvalue weighted by Gasteiger charge is -2.11. The number of nitrogens with two attached hydrogens (primary N) is 1. The topological polar surface area (TPSA) is 133 Å². The fourth-order valence-electron chi connectivity index (χ4n) is 4.93. The van der Waals surface area contributed by atoms with Gasteiger partial charge in [0.25, 0.3) is 24.7 Å². The maximum Gasteiger partial charge on any atom is 0.280 e. The van der Waals surface area contributed by atoms with Crippen LogP contribution in [0.25, 0.3) is 38.2 Å². The van der Waals surface area contributed by atoms with Crippen LogP contribution in [0.15, 0.2) is 48.8 Å². The van der Waals surface area contributed by atoms with Crippen molar-refractivity contribution in [2.45, 2.75) is 33.2 Å². The summed E-state index contributed by atoms with van der Waals surface area (Å²) in [5.41, 5.74) is 5.42. The molecule has 0 aliphatic carbocycles. The summed E-state index contributed by atoms with van der Waals surface area (Å²) in [5.74, 6) is -2.41.